The summed E-state index contributed by atoms with van der Waals surface area (Å²) in [6.07, 6.45) is 1.83. The second kappa shape index (κ2) is 5.05. The smallest absolute Gasteiger partial charge is 0.121 e. The lowest BCUT2D eigenvalue weighted by Crippen LogP contribution is -1.87. The van der Waals surface area contributed by atoms with Crippen LogP contribution in [0.2, 0.25) is 0 Å². The Kier molecular flexibility index (Phi) is 3.47. The first-order valence-electron chi connectivity index (χ1n) is 5.97. The van der Waals surface area contributed by atoms with Gasteiger partial charge in [0.15, 0.2) is 0 Å². The molecule has 2 nitrogen and oxygen atoms in total. The van der Waals surface area contributed by atoms with Gasteiger partial charge in [-0.15, -0.1) is 0 Å². The van der Waals surface area contributed by atoms with Gasteiger partial charge in [0.1, 0.15) is 5.75 Å². The molecule has 0 saturated carbocycles. The molecule has 0 aliphatic carbocycles. The largest absolute Gasteiger partial charge is 0.507 e. The highest BCUT2D eigenvalue weighted by Crippen LogP contribution is 2.22. The van der Waals surface area contributed by atoms with E-state index in [9.17, 15) is 5.11 Å². The molecule has 0 heterocycles. The minimum atomic E-state index is 0.364. The average molecular weight is 239 g/mol. The van der Waals surface area contributed by atoms with E-state index in [0.29, 0.717) is 5.75 Å². The molecule has 0 amide bonds. The van der Waals surface area contributed by atoms with Crippen molar-refractivity contribution in [2.24, 2.45) is 4.99 Å². The molecule has 2 aromatic carbocycles. The van der Waals surface area contributed by atoms with Crippen molar-refractivity contribution in [3.8, 4) is 5.75 Å². The van der Waals surface area contributed by atoms with Crippen LogP contribution >= 0.6 is 0 Å². The predicted octanol–water partition coefficient (Wildman–Crippen LogP) is 4.07. The molecule has 0 spiro atoms. The maximum atomic E-state index is 9.71. The van der Waals surface area contributed by atoms with Crippen LogP contribution in [0.5, 0.6) is 5.75 Å². The standard InChI is InChI=1S/C16H17NO/c1-11-5-4-6-15(7-11)17-10-14-8-12(2)16(18)13(3)9-14/h4-10,18H,1-3H3. The number of phenolic OH excluding ortho intramolecular Hbond substituents is 1. The van der Waals surface area contributed by atoms with Crippen LogP contribution in [-0.2, 0) is 0 Å². The number of hydrogen-bond donors (Lipinski definition) is 1. The maximum absolute atomic E-state index is 9.71. The lowest BCUT2D eigenvalue weighted by molar-refractivity contribution is 0.467. The molecule has 2 aromatic rings. The van der Waals surface area contributed by atoms with Crippen molar-refractivity contribution >= 4 is 11.9 Å². The summed E-state index contributed by atoms with van der Waals surface area (Å²) in [4.78, 5) is 4.44. The second-order valence-corrected chi connectivity index (χ2v) is 4.60. The third-order valence-corrected chi connectivity index (χ3v) is 2.88. The molecule has 0 saturated heterocycles. The highest BCUT2D eigenvalue weighted by atomic mass is 16.3. The summed E-state index contributed by atoms with van der Waals surface area (Å²) in [7, 11) is 0. The van der Waals surface area contributed by atoms with Gasteiger partial charge < -0.3 is 5.11 Å². The summed E-state index contributed by atoms with van der Waals surface area (Å²) in [6.45, 7) is 5.84. The normalized spacial score (nSPS) is 11.1. The van der Waals surface area contributed by atoms with Crippen LogP contribution in [0.4, 0.5) is 5.69 Å². The Morgan fingerprint density at radius 3 is 2.28 bits per heavy atom. The molecule has 2 heteroatoms. The predicted molar refractivity (Wildman–Crippen MR) is 76.0 cm³/mol. The monoisotopic (exact) mass is 239 g/mol. The van der Waals surface area contributed by atoms with Crippen molar-refractivity contribution in [3.05, 3.63) is 58.7 Å². The highest BCUT2D eigenvalue weighted by Gasteiger charge is 2.01. The Morgan fingerprint density at radius 1 is 1.00 bits per heavy atom. The quantitative estimate of drug-likeness (QED) is 0.787. The molecule has 0 bridgehead atoms. The van der Waals surface area contributed by atoms with Gasteiger partial charge in [-0.05, 0) is 67.3 Å². The molecule has 0 aliphatic heterocycles. The summed E-state index contributed by atoms with van der Waals surface area (Å²) in [5, 5.41) is 9.71. The van der Waals surface area contributed by atoms with Crippen molar-refractivity contribution in [2.75, 3.05) is 0 Å². The molecule has 0 unspecified atom stereocenters. The first kappa shape index (κ1) is 12.4. The van der Waals surface area contributed by atoms with E-state index in [0.717, 1.165) is 22.4 Å². The van der Waals surface area contributed by atoms with Crippen LogP contribution in [0.1, 0.15) is 22.3 Å². The van der Waals surface area contributed by atoms with Gasteiger partial charge in [-0.1, -0.05) is 12.1 Å². The summed E-state index contributed by atoms with van der Waals surface area (Å²) in [5.74, 6) is 0.364. The van der Waals surface area contributed by atoms with E-state index in [1.165, 1.54) is 5.56 Å². The fourth-order valence-corrected chi connectivity index (χ4v) is 1.92. The molecular formula is C16H17NO. The molecule has 0 aliphatic rings. The van der Waals surface area contributed by atoms with E-state index >= 15 is 0 Å². The van der Waals surface area contributed by atoms with Crippen LogP contribution in [0.25, 0.3) is 0 Å². The van der Waals surface area contributed by atoms with Gasteiger partial charge in [0.25, 0.3) is 0 Å². The Hall–Kier alpha value is -2.09. The fourth-order valence-electron chi connectivity index (χ4n) is 1.92. The van der Waals surface area contributed by atoms with Crippen molar-refractivity contribution in [1.82, 2.24) is 0 Å². The highest BCUT2D eigenvalue weighted by molar-refractivity contribution is 5.83. The first-order valence-corrected chi connectivity index (χ1v) is 5.97. The summed E-state index contributed by atoms with van der Waals surface area (Å²) >= 11 is 0. The van der Waals surface area contributed by atoms with E-state index in [2.05, 4.69) is 4.99 Å². The van der Waals surface area contributed by atoms with Crippen molar-refractivity contribution in [2.45, 2.75) is 20.8 Å². The Labute approximate surface area is 108 Å². The third-order valence-electron chi connectivity index (χ3n) is 2.88. The van der Waals surface area contributed by atoms with Gasteiger partial charge in [0.2, 0.25) is 0 Å². The molecule has 1 N–H and O–H groups in total. The Bertz CT molecular complexity index is 577. The second-order valence-electron chi connectivity index (χ2n) is 4.60. The number of nitrogens with zero attached hydrogens (tertiary/aromatic N) is 1. The molecule has 0 fully saturated rings. The lowest BCUT2D eigenvalue weighted by Gasteiger charge is -2.04. The number of hydrogen-bond acceptors (Lipinski definition) is 2. The molecular weight excluding hydrogens is 222 g/mol. The molecule has 92 valence electrons. The summed E-state index contributed by atoms with van der Waals surface area (Å²) < 4.78 is 0. The van der Waals surface area contributed by atoms with Crippen molar-refractivity contribution in [1.29, 1.82) is 0 Å². The van der Waals surface area contributed by atoms with Crippen molar-refractivity contribution < 1.29 is 5.11 Å². The van der Waals surface area contributed by atoms with Crippen LogP contribution in [0.3, 0.4) is 0 Å². The van der Waals surface area contributed by atoms with E-state index in [1.807, 2.05) is 63.4 Å². The molecule has 2 rings (SSSR count). The minimum absolute atomic E-state index is 0.364. The van der Waals surface area contributed by atoms with Crippen LogP contribution in [0.15, 0.2) is 41.4 Å². The Balaban J connectivity index is 2.29. The van der Waals surface area contributed by atoms with Gasteiger partial charge in [-0.25, -0.2) is 0 Å². The van der Waals surface area contributed by atoms with E-state index in [1.54, 1.807) is 0 Å². The summed E-state index contributed by atoms with van der Waals surface area (Å²) in [5.41, 5.74) is 4.90. The third kappa shape index (κ3) is 2.77. The lowest BCUT2D eigenvalue weighted by atomic mass is 10.1. The van der Waals surface area contributed by atoms with Gasteiger partial charge >= 0.3 is 0 Å². The molecule has 18 heavy (non-hydrogen) atoms. The van der Waals surface area contributed by atoms with E-state index < -0.39 is 0 Å². The zero-order valence-electron chi connectivity index (χ0n) is 10.9. The summed E-state index contributed by atoms with van der Waals surface area (Å²) in [6, 6.07) is 11.9. The van der Waals surface area contributed by atoms with Crippen LogP contribution < -0.4 is 0 Å². The maximum Gasteiger partial charge on any atom is 0.121 e. The number of phenols is 1. The van der Waals surface area contributed by atoms with Gasteiger partial charge in [0, 0.05) is 6.21 Å². The Morgan fingerprint density at radius 2 is 1.67 bits per heavy atom. The van der Waals surface area contributed by atoms with Gasteiger partial charge in [-0.2, -0.15) is 0 Å². The minimum Gasteiger partial charge on any atom is -0.507 e. The number of benzene rings is 2. The number of aromatic hydroxyl groups is 1. The van der Waals surface area contributed by atoms with E-state index in [-0.39, 0.29) is 0 Å². The fraction of sp³-hybridized carbons (Fsp3) is 0.188. The first-order chi connectivity index (χ1) is 8.56. The zero-order valence-corrected chi connectivity index (χ0v) is 10.9. The van der Waals surface area contributed by atoms with Crippen molar-refractivity contribution in [3.63, 3.8) is 0 Å². The number of rotatable bonds is 2. The molecule has 0 aromatic heterocycles. The van der Waals surface area contributed by atoms with Crippen LogP contribution in [-0.4, -0.2) is 11.3 Å². The average Bonchev–Trinajstić information content (AvgIpc) is 2.33. The SMILES string of the molecule is Cc1cccc(N=Cc2cc(C)c(O)c(C)c2)c1. The molecule has 0 atom stereocenters. The number of aryl methyl sites for hydroxylation is 3. The zero-order chi connectivity index (χ0) is 13.1. The van der Waals surface area contributed by atoms with Crippen LogP contribution in [0, 0.1) is 20.8 Å². The van der Waals surface area contributed by atoms with Gasteiger partial charge in [0.05, 0.1) is 5.69 Å². The number of aliphatic imine (C=N–C) groups is 1. The van der Waals surface area contributed by atoms with E-state index in [4.69, 9.17) is 0 Å². The topological polar surface area (TPSA) is 32.6 Å². The van der Waals surface area contributed by atoms with Gasteiger partial charge in [-0.3, -0.25) is 4.99 Å². The molecule has 0 radical (unpaired) electrons.